The zero-order valence-corrected chi connectivity index (χ0v) is 32.3. The molecule has 3 saturated heterocycles. The lowest BCUT2D eigenvalue weighted by atomic mass is 9.53. The average molecular weight is 807 g/mol. The Morgan fingerprint density at radius 2 is 1.75 bits per heavy atom. The number of nitrogens with zero attached hydrogens (tertiary/aromatic N) is 3. The highest BCUT2D eigenvalue weighted by Gasteiger charge is 2.82. The number of likely N-dealkylation sites (tertiary alicyclic amines) is 1. The number of benzene rings is 3. The molecule has 0 bridgehead atoms. The Bertz CT molecular complexity index is 2470. The number of anilines is 1. The molecule has 11 nitrogen and oxygen atoms in total. The molecule has 14 heteroatoms. The molecule has 5 heterocycles. The third-order valence-electron chi connectivity index (χ3n) is 13.7. The number of allylic oxidation sites excluding steroid dienone is 1. The van der Waals surface area contributed by atoms with Crippen molar-refractivity contribution in [2.45, 2.75) is 62.9 Å². The van der Waals surface area contributed by atoms with Crippen LogP contribution in [0.5, 0.6) is 17.4 Å². The van der Waals surface area contributed by atoms with Crippen molar-refractivity contribution in [2.24, 2.45) is 17.3 Å². The molecule has 1 spiro atoms. The number of hydrogen-bond acceptors (Lipinski definition) is 11. The van der Waals surface area contributed by atoms with E-state index in [0.29, 0.717) is 43.2 Å². The zero-order valence-electron chi connectivity index (χ0n) is 32.3. The molecule has 59 heavy (non-hydrogen) atoms. The zero-order chi connectivity index (χ0) is 40.4. The molecular weight excluding hydrogens is 766 g/mol. The number of alkyl halides is 3. The van der Waals surface area contributed by atoms with Gasteiger partial charge in [0.1, 0.15) is 24.5 Å². The molecule has 3 aliphatic carbocycles. The first-order chi connectivity index (χ1) is 28.5. The van der Waals surface area contributed by atoms with Crippen molar-refractivity contribution in [1.82, 2.24) is 15.0 Å². The maximum Gasteiger partial charge on any atom is 0.573 e. The van der Waals surface area contributed by atoms with E-state index >= 15 is 9.59 Å². The van der Waals surface area contributed by atoms with Gasteiger partial charge in [-0.25, -0.2) is 0 Å². The number of ketones is 2. The first kappa shape index (κ1) is 36.5. The van der Waals surface area contributed by atoms with Crippen molar-refractivity contribution in [3.05, 3.63) is 124 Å². The Labute approximate surface area is 337 Å². The lowest BCUT2D eigenvalue weighted by molar-refractivity contribution is -0.275. The molecule has 4 aromatic rings. The Morgan fingerprint density at radius 3 is 2.46 bits per heavy atom. The summed E-state index contributed by atoms with van der Waals surface area (Å²) in [6.45, 7) is 6.53. The van der Waals surface area contributed by atoms with Gasteiger partial charge in [-0.2, -0.15) is 0 Å². The predicted octanol–water partition coefficient (Wildman–Crippen LogP) is 7.23. The normalized spacial score (nSPS) is 29.7. The second kappa shape index (κ2) is 12.9. The Kier molecular flexibility index (Phi) is 8.01. The van der Waals surface area contributed by atoms with E-state index in [-0.39, 0.29) is 89.8 Å². The van der Waals surface area contributed by atoms with Gasteiger partial charge < -0.3 is 28.8 Å². The molecule has 0 saturated carbocycles. The molecule has 0 radical (unpaired) electrons. The molecule has 3 aromatic carbocycles. The van der Waals surface area contributed by atoms with Crippen molar-refractivity contribution in [3.63, 3.8) is 0 Å². The minimum Gasteiger partial charge on any atom is -0.486 e. The first-order valence-corrected chi connectivity index (χ1v) is 20.2. The molecule has 7 atom stereocenters. The minimum atomic E-state index is -5.04. The summed E-state index contributed by atoms with van der Waals surface area (Å²) in [7, 11) is 1.91. The molecule has 1 N–H and O–H groups in total. The van der Waals surface area contributed by atoms with Crippen LogP contribution in [0.1, 0.15) is 67.6 Å². The molecule has 304 valence electrons. The number of epoxide rings is 1. The summed E-state index contributed by atoms with van der Waals surface area (Å²) in [5.41, 5.74) is 0.586. The number of aromatic nitrogens is 1. The third-order valence-corrected chi connectivity index (χ3v) is 13.7. The number of hydrogen-bond donors (Lipinski definition) is 1. The van der Waals surface area contributed by atoms with Crippen LogP contribution in [0.15, 0.2) is 89.2 Å². The van der Waals surface area contributed by atoms with E-state index in [2.05, 4.69) is 26.9 Å². The summed E-state index contributed by atoms with van der Waals surface area (Å²) in [6.07, 6.45) is -1.89. The topological polar surface area (TPSA) is 119 Å². The number of nitrogens with one attached hydrogen (secondary N) is 1. The molecule has 11 rings (SSSR count). The standard InChI is InChI=1S/C45H41F3N4O7/c1-3-15-52-21-30(52)43-18-27-17-28-32(37(53)31(27)41-44(43,58-41)40(54)33-29(19-43)59-50-42(33)56-23-25-12-8-5-9-13-25)39(55-22-24-10-6-4-7-11-24)35-34(38(28)57-45(46,47)48)36-26(20-49-35)14-16-51(36)2/h3-13,26-27,30,36,49H,1,14-23H2,2H3/t26?,27?,30?,36?,43-,44+,52?/m0/s1. The van der Waals surface area contributed by atoms with E-state index in [1.54, 1.807) is 6.08 Å². The molecule has 3 fully saturated rings. The van der Waals surface area contributed by atoms with Gasteiger partial charge in [0.15, 0.2) is 23.1 Å². The van der Waals surface area contributed by atoms with Gasteiger partial charge in [0.25, 0.3) is 5.88 Å². The Hall–Kier alpha value is -5.60. The van der Waals surface area contributed by atoms with Crippen LogP contribution < -0.4 is 19.5 Å². The summed E-state index contributed by atoms with van der Waals surface area (Å²) in [5, 5.41) is 7.60. The lowest BCUT2D eigenvalue weighted by Crippen LogP contribution is -2.57. The van der Waals surface area contributed by atoms with Crippen molar-refractivity contribution >= 4 is 17.3 Å². The highest BCUT2D eigenvalue weighted by molar-refractivity contribution is 6.19. The van der Waals surface area contributed by atoms with Gasteiger partial charge in [0.2, 0.25) is 11.4 Å². The summed E-state index contributed by atoms with van der Waals surface area (Å²) in [5.74, 6) is -0.977. The SMILES string of the molecule is C=CCN1CC1[C@]12Cc3onc(OCc4ccccc4)c3C(=O)[C@]13OC3=C1C(=O)c3c(c(OC(F)(F)F)c4c(c3OCc3ccccc3)NCC3CCN(C)C43)CC1C2. The maximum atomic E-state index is 15.4. The van der Waals surface area contributed by atoms with Crippen molar-refractivity contribution in [1.29, 1.82) is 0 Å². The van der Waals surface area contributed by atoms with Gasteiger partial charge in [0.05, 0.1) is 11.3 Å². The summed E-state index contributed by atoms with van der Waals surface area (Å²) in [6, 6.07) is 18.3. The third kappa shape index (κ3) is 5.37. The number of ether oxygens (including phenoxy) is 4. The quantitative estimate of drug-likeness (QED) is 0.129. The Morgan fingerprint density at radius 1 is 1.02 bits per heavy atom. The second-order valence-corrected chi connectivity index (χ2v) is 16.9. The molecular formula is C45H41F3N4O7. The number of rotatable bonds is 10. The van der Waals surface area contributed by atoms with Gasteiger partial charge in [-0.05, 0) is 61.0 Å². The van der Waals surface area contributed by atoms with Crippen molar-refractivity contribution < 1.29 is 46.2 Å². The summed E-state index contributed by atoms with van der Waals surface area (Å²) >= 11 is 0. The van der Waals surface area contributed by atoms with Crippen LogP contribution in [0.3, 0.4) is 0 Å². The van der Waals surface area contributed by atoms with E-state index in [0.717, 1.165) is 17.5 Å². The van der Waals surface area contributed by atoms with Crippen LogP contribution in [0.2, 0.25) is 0 Å². The summed E-state index contributed by atoms with van der Waals surface area (Å²) < 4.78 is 74.2. The van der Waals surface area contributed by atoms with E-state index < -0.39 is 40.9 Å². The van der Waals surface area contributed by atoms with Crippen LogP contribution in [-0.4, -0.2) is 77.8 Å². The minimum absolute atomic E-state index is 0.00273. The van der Waals surface area contributed by atoms with E-state index in [9.17, 15) is 13.2 Å². The predicted molar refractivity (Wildman–Crippen MR) is 206 cm³/mol. The smallest absolute Gasteiger partial charge is 0.486 e. The van der Waals surface area contributed by atoms with E-state index in [1.165, 1.54) is 0 Å². The largest absolute Gasteiger partial charge is 0.573 e. The second-order valence-electron chi connectivity index (χ2n) is 16.9. The lowest BCUT2D eigenvalue weighted by Gasteiger charge is -2.45. The van der Waals surface area contributed by atoms with Gasteiger partial charge in [-0.15, -0.1) is 19.8 Å². The van der Waals surface area contributed by atoms with E-state index in [4.69, 9.17) is 23.5 Å². The van der Waals surface area contributed by atoms with Gasteiger partial charge >= 0.3 is 6.36 Å². The number of Topliss-reactive ketones (excluding diaryl/α,β-unsaturated/α-hetero) is 2. The average Bonchev–Trinajstić information content (AvgIpc) is 4.10. The summed E-state index contributed by atoms with van der Waals surface area (Å²) in [4.78, 5) is 34.8. The molecule has 0 amide bonds. The van der Waals surface area contributed by atoms with Crippen LogP contribution in [0.4, 0.5) is 18.9 Å². The molecule has 5 unspecified atom stereocenters. The highest BCUT2D eigenvalue weighted by Crippen LogP contribution is 2.72. The maximum absolute atomic E-state index is 15.4. The fourth-order valence-corrected chi connectivity index (χ4v) is 11.2. The van der Waals surface area contributed by atoms with Crippen molar-refractivity contribution in [2.75, 3.05) is 38.5 Å². The van der Waals surface area contributed by atoms with Crippen LogP contribution >= 0.6 is 0 Å². The highest BCUT2D eigenvalue weighted by atomic mass is 19.4. The van der Waals surface area contributed by atoms with Crippen LogP contribution in [0.25, 0.3) is 0 Å². The van der Waals surface area contributed by atoms with Crippen molar-refractivity contribution in [3.8, 4) is 17.4 Å². The van der Waals surface area contributed by atoms with E-state index in [1.807, 2.05) is 67.7 Å². The molecule has 4 aliphatic heterocycles. The molecule has 1 aromatic heterocycles. The first-order valence-electron chi connectivity index (χ1n) is 20.2. The Balaban J connectivity index is 1.07. The fourth-order valence-electron chi connectivity index (χ4n) is 11.2. The van der Waals surface area contributed by atoms with Gasteiger partial charge in [0, 0.05) is 60.3 Å². The monoisotopic (exact) mass is 806 g/mol. The number of carbonyl (C=O) groups is 2. The number of fused-ring (bicyclic) bond motifs is 6. The number of carbonyl (C=O) groups excluding carboxylic acids is 2. The van der Waals surface area contributed by atoms with Crippen LogP contribution in [-0.2, 0) is 30.8 Å². The fraction of sp³-hybridized carbons (Fsp3) is 0.400. The molecule has 7 aliphatic rings. The van der Waals surface area contributed by atoms with Gasteiger partial charge in [-0.1, -0.05) is 66.7 Å². The van der Waals surface area contributed by atoms with Crippen LogP contribution in [0, 0.1) is 17.3 Å². The number of halogens is 3. The van der Waals surface area contributed by atoms with Gasteiger partial charge in [-0.3, -0.25) is 19.4 Å².